The highest BCUT2D eigenvalue weighted by molar-refractivity contribution is 6.01. The number of nitrogens with one attached hydrogen (secondary N) is 1. The van der Waals surface area contributed by atoms with Crippen molar-refractivity contribution < 1.29 is 4.79 Å². The SMILES string of the molecule is CCc1cccc(CC)c1NC(=O)/N=C1\CCCN1C. The molecule has 0 aromatic heterocycles. The number of urea groups is 1. The van der Waals surface area contributed by atoms with E-state index in [2.05, 4.69) is 36.3 Å². The number of hydrogen-bond donors (Lipinski definition) is 1. The Labute approximate surface area is 120 Å². The van der Waals surface area contributed by atoms with Gasteiger partial charge in [0.1, 0.15) is 5.84 Å². The third-order valence-electron chi connectivity index (χ3n) is 3.80. The lowest BCUT2D eigenvalue weighted by atomic mass is 10.0. The zero-order valence-corrected chi connectivity index (χ0v) is 12.6. The van der Waals surface area contributed by atoms with Crippen LogP contribution in [-0.2, 0) is 12.8 Å². The van der Waals surface area contributed by atoms with Crippen molar-refractivity contribution in [3.05, 3.63) is 29.3 Å². The number of hydrogen-bond acceptors (Lipinski definition) is 1. The number of likely N-dealkylation sites (tertiary alicyclic amines) is 1. The summed E-state index contributed by atoms with van der Waals surface area (Å²) in [6, 6.07) is 5.90. The van der Waals surface area contributed by atoms with Crippen LogP contribution in [-0.4, -0.2) is 30.4 Å². The molecule has 4 nitrogen and oxygen atoms in total. The van der Waals surface area contributed by atoms with Crippen LogP contribution in [0.3, 0.4) is 0 Å². The summed E-state index contributed by atoms with van der Waals surface area (Å²) in [4.78, 5) is 18.4. The van der Waals surface area contributed by atoms with Crippen LogP contribution < -0.4 is 5.32 Å². The summed E-state index contributed by atoms with van der Waals surface area (Å²) < 4.78 is 0. The van der Waals surface area contributed by atoms with Crippen molar-refractivity contribution in [2.24, 2.45) is 4.99 Å². The van der Waals surface area contributed by atoms with E-state index in [-0.39, 0.29) is 6.03 Å². The molecule has 0 bridgehead atoms. The molecule has 0 atom stereocenters. The van der Waals surface area contributed by atoms with E-state index < -0.39 is 0 Å². The van der Waals surface area contributed by atoms with E-state index in [0.717, 1.165) is 54.9 Å². The summed E-state index contributed by atoms with van der Waals surface area (Å²) >= 11 is 0. The van der Waals surface area contributed by atoms with Gasteiger partial charge in [-0.25, -0.2) is 4.79 Å². The molecular weight excluding hydrogens is 250 g/mol. The van der Waals surface area contributed by atoms with Crippen molar-refractivity contribution in [2.45, 2.75) is 39.5 Å². The number of nitrogens with zero attached hydrogens (tertiary/aromatic N) is 2. The predicted molar refractivity (Wildman–Crippen MR) is 83.5 cm³/mol. The average Bonchev–Trinajstić information content (AvgIpc) is 2.84. The van der Waals surface area contributed by atoms with Crippen molar-refractivity contribution in [3.8, 4) is 0 Å². The van der Waals surface area contributed by atoms with E-state index in [1.807, 2.05) is 18.0 Å². The van der Waals surface area contributed by atoms with Gasteiger partial charge in [-0.05, 0) is 30.4 Å². The number of anilines is 1. The summed E-state index contributed by atoms with van der Waals surface area (Å²) in [7, 11) is 1.98. The molecule has 1 fully saturated rings. The van der Waals surface area contributed by atoms with Gasteiger partial charge >= 0.3 is 6.03 Å². The number of carbonyl (C=O) groups is 1. The van der Waals surface area contributed by atoms with Crippen molar-refractivity contribution in [1.82, 2.24) is 4.90 Å². The van der Waals surface area contributed by atoms with Gasteiger partial charge in [-0.3, -0.25) is 0 Å². The zero-order chi connectivity index (χ0) is 14.5. The monoisotopic (exact) mass is 273 g/mol. The highest BCUT2D eigenvalue weighted by atomic mass is 16.2. The van der Waals surface area contributed by atoms with Crippen molar-refractivity contribution in [2.75, 3.05) is 18.9 Å². The molecule has 2 rings (SSSR count). The molecule has 1 aromatic carbocycles. The molecule has 1 saturated heterocycles. The summed E-state index contributed by atoms with van der Waals surface area (Å²) in [6.45, 7) is 5.18. The predicted octanol–water partition coefficient (Wildman–Crippen LogP) is 3.47. The van der Waals surface area contributed by atoms with E-state index >= 15 is 0 Å². The molecular formula is C16H23N3O. The van der Waals surface area contributed by atoms with Crippen molar-refractivity contribution in [3.63, 3.8) is 0 Å². The molecule has 1 aliphatic rings. The molecule has 1 N–H and O–H groups in total. The summed E-state index contributed by atoms with van der Waals surface area (Å²) in [5.74, 6) is 0.884. The van der Waals surface area contributed by atoms with Crippen LogP contribution >= 0.6 is 0 Å². The number of rotatable bonds is 3. The maximum atomic E-state index is 12.1. The largest absolute Gasteiger partial charge is 0.363 e. The van der Waals surface area contributed by atoms with Gasteiger partial charge in [0.25, 0.3) is 0 Å². The zero-order valence-electron chi connectivity index (χ0n) is 12.6. The molecule has 20 heavy (non-hydrogen) atoms. The fourth-order valence-electron chi connectivity index (χ4n) is 2.59. The Balaban J connectivity index is 2.19. The Hall–Kier alpha value is -1.84. The standard InChI is InChI=1S/C16H23N3O/c1-4-12-8-6-9-13(5-2)15(12)18-16(20)17-14-10-7-11-19(14)3/h6,8-9H,4-5,7,10-11H2,1-3H3,(H,18,20)/b17-14+. The number of aliphatic imine (C=N–C) groups is 1. The average molecular weight is 273 g/mol. The van der Waals surface area contributed by atoms with Gasteiger partial charge in [0.05, 0.1) is 0 Å². The molecule has 0 spiro atoms. The smallest absolute Gasteiger partial charge is 0.347 e. The first-order chi connectivity index (χ1) is 9.65. The number of amides is 2. The van der Waals surface area contributed by atoms with Gasteiger partial charge in [-0.2, -0.15) is 4.99 Å². The second kappa shape index (κ2) is 6.55. The molecule has 0 radical (unpaired) electrons. The first-order valence-corrected chi connectivity index (χ1v) is 7.36. The molecule has 0 unspecified atom stereocenters. The Morgan fingerprint density at radius 3 is 2.45 bits per heavy atom. The van der Waals surface area contributed by atoms with Gasteiger partial charge in [0, 0.05) is 25.7 Å². The van der Waals surface area contributed by atoms with Gasteiger partial charge in [0.15, 0.2) is 0 Å². The molecule has 1 aliphatic heterocycles. The minimum absolute atomic E-state index is 0.260. The van der Waals surface area contributed by atoms with Crippen LogP contribution in [0.1, 0.15) is 37.8 Å². The Kier molecular flexibility index (Phi) is 4.77. The maximum Gasteiger partial charge on any atom is 0.347 e. The topological polar surface area (TPSA) is 44.7 Å². The first kappa shape index (κ1) is 14.6. The van der Waals surface area contributed by atoms with Crippen LogP contribution in [0, 0.1) is 0 Å². The minimum atomic E-state index is -0.260. The Bertz CT molecular complexity index is 500. The van der Waals surface area contributed by atoms with Crippen LogP contribution in [0.4, 0.5) is 10.5 Å². The minimum Gasteiger partial charge on any atom is -0.363 e. The number of benzene rings is 1. The second-order valence-corrected chi connectivity index (χ2v) is 5.14. The lowest BCUT2D eigenvalue weighted by molar-refractivity contribution is 0.259. The first-order valence-electron chi connectivity index (χ1n) is 7.36. The van der Waals surface area contributed by atoms with Gasteiger partial charge in [0.2, 0.25) is 0 Å². The molecule has 2 amide bonds. The third-order valence-corrected chi connectivity index (χ3v) is 3.80. The van der Waals surface area contributed by atoms with E-state index in [4.69, 9.17) is 0 Å². The van der Waals surface area contributed by atoms with Gasteiger partial charge < -0.3 is 10.2 Å². The van der Waals surface area contributed by atoms with Crippen LogP contribution in [0.2, 0.25) is 0 Å². The molecule has 1 heterocycles. The fraction of sp³-hybridized carbons (Fsp3) is 0.500. The highest BCUT2D eigenvalue weighted by Crippen LogP contribution is 2.23. The van der Waals surface area contributed by atoms with Crippen molar-refractivity contribution >= 4 is 17.6 Å². The summed E-state index contributed by atoms with van der Waals surface area (Å²) in [5.41, 5.74) is 3.27. The van der Waals surface area contributed by atoms with Crippen LogP contribution in [0.5, 0.6) is 0 Å². The summed E-state index contributed by atoms with van der Waals surface area (Å²) in [5, 5.41) is 2.98. The lowest BCUT2D eigenvalue weighted by Gasteiger charge is -2.14. The molecule has 108 valence electrons. The van der Waals surface area contributed by atoms with Crippen LogP contribution in [0.15, 0.2) is 23.2 Å². The molecule has 0 saturated carbocycles. The van der Waals surface area contributed by atoms with E-state index in [9.17, 15) is 4.79 Å². The number of amidine groups is 1. The Morgan fingerprint density at radius 1 is 1.30 bits per heavy atom. The fourth-order valence-corrected chi connectivity index (χ4v) is 2.59. The van der Waals surface area contributed by atoms with Crippen LogP contribution in [0.25, 0.3) is 0 Å². The number of aryl methyl sites for hydroxylation is 2. The van der Waals surface area contributed by atoms with E-state index in [1.54, 1.807) is 0 Å². The maximum absolute atomic E-state index is 12.1. The molecule has 4 heteroatoms. The van der Waals surface area contributed by atoms with E-state index in [0.29, 0.717) is 0 Å². The highest BCUT2D eigenvalue weighted by Gasteiger charge is 2.16. The third kappa shape index (κ3) is 3.18. The van der Waals surface area contributed by atoms with Gasteiger partial charge in [-0.1, -0.05) is 32.0 Å². The number of para-hydroxylation sites is 1. The lowest BCUT2D eigenvalue weighted by Crippen LogP contribution is -2.22. The molecule has 0 aliphatic carbocycles. The normalized spacial score (nSPS) is 16.8. The van der Waals surface area contributed by atoms with E-state index in [1.165, 1.54) is 0 Å². The van der Waals surface area contributed by atoms with Crippen molar-refractivity contribution in [1.29, 1.82) is 0 Å². The summed E-state index contributed by atoms with van der Waals surface area (Å²) in [6.07, 6.45) is 3.77. The molecule has 1 aromatic rings. The Morgan fingerprint density at radius 2 is 1.95 bits per heavy atom. The quantitative estimate of drug-likeness (QED) is 0.916. The number of carbonyl (C=O) groups excluding carboxylic acids is 1. The second-order valence-electron chi connectivity index (χ2n) is 5.14. The van der Waals surface area contributed by atoms with Gasteiger partial charge in [-0.15, -0.1) is 0 Å².